The molecule has 0 saturated carbocycles. The van der Waals surface area contributed by atoms with Crippen molar-refractivity contribution in [3.63, 3.8) is 0 Å². The highest BCUT2D eigenvalue weighted by Crippen LogP contribution is 2.29. The van der Waals surface area contributed by atoms with E-state index >= 15 is 0 Å². The lowest BCUT2D eigenvalue weighted by Gasteiger charge is -2.00. The molecule has 0 radical (unpaired) electrons. The number of aromatic nitrogens is 1. The summed E-state index contributed by atoms with van der Waals surface area (Å²) < 4.78 is 4.65. The first-order valence-corrected chi connectivity index (χ1v) is 4.99. The van der Waals surface area contributed by atoms with Gasteiger partial charge in [-0.3, -0.25) is 0 Å². The van der Waals surface area contributed by atoms with Crippen molar-refractivity contribution in [1.82, 2.24) is 4.37 Å². The molecule has 66 valence electrons. The van der Waals surface area contributed by atoms with Gasteiger partial charge in [0.2, 0.25) is 0 Å². The van der Waals surface area contributed by atoms with Crippen molar-refractivity contribution in [1.29, 1.82) is 0 Å². The van der Waals surface area contributed by atoms with Gasteiger partial charge < -0.3 is 5.11 Å². The summed E-state index contributed by atoms with van der Waals surface area (Å²) in [4.78, 5) is 10.7. The fourth-order valence-electron chi connectivity index (χ4n) is 0.869. The fraction of sp³-hybridized carbons (Fsp3) is 0.429. The molecule has 1 aromatic rings. The van der Waals surface area contributed by atoms with Crippen molar-refractivity contribution in [3.05, 3.63) is 15.0 Å². The van der Waals surface area contributed by atoms with Crippen molar-refractivity contribution in [3.8, 4) is 0 Å². The SMILES string of the molecule is CC(C)c1nsc(Br)c1C(=O)O. The Labute approximate surface area is 82.7 Å². The molecule has 1 heterocycles. The molecular formula is C7H8BrNO2S. The molecule has 12 heavy (non-hydrogen) atoms. The summed E-state index contributed by atoms with van der Waals surface area (Å²) in [5.41, 5.74) is 0.953. The number of carbonyl (C=O) groups is 1. The maximum atomic E-state index is 10.7. The van der Waals surface area contributed by atoms with Gasteiger partial charge in [0.05, 0.1) is 5.69 Å². The van der Waals surface area contributed by atoms with Gasteiger partial charge in [-0.05, 0) is 33.4 Å². The second-order valence-electron chi connectivity index (χ2n) is 2.68. The summed E-state index contributed by atoms with van der Waals surface area (Å²) >= 11 is 4.33. The lowest BCUT2D eigenvalue weighted by molar-refractivity contribution is 0.0694. The first-order chi connectivity index (χ1) is 5.54. The number of nitrogens with zero attached hydrogens (tertiary/aromatic N) is 1. The van der Waals surface area contributed by atoms with Gasteiger partial charge in [0.1, 0.15) is 9.35 Å². The standard InChI is InChI=1S/C7H8BrNO2S/c1-3(2)5-4(7(10)11)6(8)12-9-5/h3H,1-2H3,(H,10,11). The molecule has 0 aliphatic heterocycles. The van der Waals surface area contributed by atoms with Crippen LogP contribution >= 0.6 is 27.5 Å². The van der Waals surface area contributed by atoms with E-state index in [1.165, 1.54) is 11.5 Å². The Kier molecular flexibility index (Phi) is 2.85. The van der Waals surface area contributed by atoms with Crippen LogP contribution in [0.2, 0.25) is 0 Å². The van der Waals surface area contributed by atoms with Crippen LogP contribution in [0.5, 0.6) is 0 Å². The predicted molar refractivity (Wildman–Crippen MR) is 50.9 cm³/mol. The largest absolute Gasteiger partial charge is 0.478 e. The van der Waals surface area contributed by atoms with Crippen LogP contribution in [-0.2, 0) is 0 Å². The van der Waals surface area contributed by atoms with Crippen molar-refractivity contribution >= 4 is 33.4 Å². The first-order valence-electron chi connectivity index (χ1n) is 3.42. The minimum Gasteiger partial charge on any atom is -0.478 e. The highest BCUT2D eigenvalue weighted by atomic mass is 79.9. The van der Waals surface area contributed by atoms with Crippen molar-refractivity contribution < 1.29 is 9.90 Å². The van der Waals surface area contributed by atoms with Crippen LogP contribution in [0.4, 0.5) is 0 Å². The number of carboxylic acid groups (broad SMARTS) is 1. The maximum Gasteiger partial charge on any atom is 0.339 e. The lowest BCUT2D eigenvalue weighted by atomic mass is 10.1. The van der Waals surface area contributed by atoms with E-state index in [1.807, 2.05) is 13.8 Å². The van der Waals surface area contributed by atoms with E-state index in [0.29, 0.717) is 15.0 Å². The normalized spacial score (nSPS) is 10.7. The van der Waals surface area contributed by atoms with Crippen LogP contribution in [0.3, 0.4) is 0 Å². The molecular weight excluding hydrogens is 242 g/mol. The Morgan fingerprint density at radius 2 is 2.25 bits per heavy atom. The van der Waals surface area contributed by atoms with Gasteiger partial charge in [0.15, 0.2) is 0 Å². The van der Waals surface area contributed by atoms with E-state index in [4.69, 9.17) is 5.11 Å². The molecule has 0 aliphatic rings. The zero-order valence-corrected chi connectivity index (χ0v) is 9.07. The average molecular weight is 250 g/mol. The number of aromatic carboxylic acids is 1. The summed E-state index contributed by atoms with van der Waals surface area (Å²) in [7, 11) is 0. The monoisotopic (exact) mass is 249 g/mol. The van der Waals surface area contributed by atoms with Gasteiger partial charge in [-0.2, -0.15) is 4.37 Å². The number of hydrogen-bond acceptors (Lipinski definition) is 3. The number of carboxylic acids is 1. The van der Waals surface area contributed by atoms with E-state index in [1.54, 1.807) is 0 Å². The minimum absolute atomic E-state index is 0.152. The number of rotatable bonds is 2. The molecule has 0 aromatic carbocycles. The molecule has 1 rings (SSSR count). The Bertz CT molecular complexity index is 308. The second-order valence-corrected chi connectivity index (χ2v) is 4.77. The van der Waals surface area contributed by atoms with Crippen LogP contribution in [-0.4, -0.2) is 15.4 Å². The van der Waals surface area contributed by atoms with Gasteiger partial charge in [0.25, 0.3) is 0 Å². The van der Waals surface area contributed by atoms with E-state index in [-0.39, 0.29) is 5.92 Å². The molecule has 5 heteroatoms. The summed E-state index contributed by atoms with van der Waals surface area (Å²) in [6.07, 6.45) is 0. The van der Waals surface area contributed by atoms with Crippen LogP contribution in [0, 0.1) is 0 Å². The fourth-order valence-corrected chi connectivity index (χ4v) is 2.22. The molecule has 0 spiro atoms. The topological polar surface area (TPSA) is 50.2 Å². The van der Waals surface area contributed by atoms with Gasteiger partial charge in [0, 0.05) is 0 Å². The smallest absolute Gasteiger partial charge is 0.339 e. The molecule has 0 unspecified atom stereocenters. The molecule has 0 amide bonds. The van der Waals surface area contributed by atoms with E-state index < -0.39 is 5.97 Å². The summed E-state index contributed by atoms with van der Waals surface area (Å²) in [6.45, 7) is 3.85. The summed E-state index contributed by atoms with van der Waals surface area (Å²) in [5, 5.41) is 8.82. The second kappa shape index (κ2) is 3.53. The molecule has 0 aliphatic carbocycles. The van der Waals surface area contributed by atoms with E-state index in [2.05, 4.69) is 20.3 Å². The van der Waals surface area contributed by atoms with Gasteiger partial charge >= 0.3 is 5.97 Å². The minimum atomic E-state index is -0.917. The average Bonchev–Trinajstić information content (AvgIpc) is 2.30. The van der Waals surface area contributed by atoms with E-state index in [9.17, 15) is 4.79 Å². The first kappa shape index (κ1) is 9.67. The highest BCUT2D eigenvalue weighted by molar-refractivity contribution is 9.11. The summed E-state index contributed by atoms with van der Waals surface area (Å²) in [5.74, 6) is -0.766. The molecule has 0 fully saturated rings. The Morgan fingerprint density at radius 3 is 2.58 bits per heavy atom. The number of hydrogen-bond donors (Lipinski definition) is 1. The Morgan fingerprint density at radius 1 is 1.67 bits per heavy atom. The molecule has 1 N–H and O–H groups in total. The van der Waals surface area contributed by atoms with Crippen molar-refractivity contribution in [2.75, 3.05) is 0 Å². The van der Waals surface area contributed by atoms with E-state index in [0.717, 1.165) is 0 Å². The molecule has 1 aromatic heterocycles. The predicted octanol–water partition coefficient (Wildman–Crippen LogP) is 2.73. The molecule has 0 atom stereocenters. The summed E-state index contributed by atoms with van der Waals surface area (Å²) in [6, 6.07) is 0. The van der Waals surface area contributed by atoms with Gasteiger partial charge in [-0.1, -0.05) is 13.8 Å². The Hall–Kier alpha value is -0.420. The number of halogens is 1. The van der Waals surface area contributed by atoms with Gasteiger partial charge in [-0.15, -0.1) is 0 Å². The quantitative estimate of drug-likeness (QED) is 0.877. The molecule has 3 nitrogen and oxygen atoms in total. The zero-order valence-electron chi connectivity index (χ0n) is 6.67. The van der Waals surface area contributed by atoms with Crippen LogP contribution in [0.1, 0.15) is 35.8 Å². The molecule has 0 saturated heterocycles. The third-order valence-corrected chi connectivity index (χ3v) is 2.92. The Balaban J connectivity index is 3.21. The maximum absolute atomic E-state index is 10.7. The lowest BCUT2D eigenvalue weighted by Crippen LogP contribution is -2.02. The van der Waals surface area contributed by atoms with Crippen LogP contribution in [0.25, 0.3) is 0 Å². The molecule has 0 bridgehead atoms. The van der Waals surface area contributed by atoms with Gasteiger partial charge in [-0.25, -0.2) is 4.79 Å². The highest BCUT2D eigenvalue weighted by Gasteiger charge is 2.20. The van der Waals surface area contributed by atoms with Crippen molar-refractivity contribution in [2.45, 2.75) is 19.8 Å². The zero-order chi connectivity index (χ0) is 9.30. The third-order valence-electron chi connectivity index (χ3n) is 1.44. The van der Waals surface area contributed by atoms with Crippen LogP contribution < -0.4 is 0 Å². The third kappa shape index (κ3) is 1.67. The van der Waals surface area contributed by atoms with Crippen molar-refractivity contribution in [2.24, 2.45) is 0 Å². The van der Waals surface area contributed by atoms with Crippen LogP contribution in [0.15, 0.2) is 3.79 Å².